The van der Waals surface area contributed by atoms with Gasteiger partial charge in [-0.15, -0.1) is 12.8 Å². The summed E-state index contributed by atoms with van der Waals surface area (Å²) in [4.78, 5) is 54.0. The van der Waals surface area contributed by atoms with Crippen molar-refractivity contribution in [3.63, 3.8) is 0 Å². The second kappa shape index (κ2) is 22.5. The molecule has 2 aromatic rings. The number of methoxy groups -OCH3 is 3. The lowest BCUT2D eigenvalue weighted by molar-refractivity contribution is -0.296. The van der Waals surface area contributed by atoms with Crippen molar-refractivity contribution in [1.29, 1.82) is 0 Å². The van der Waals surface area contributed by atoms with E-state index in [4.69, 9.17) is 69.7 Å². The number of esters is 4. The normalized spacial score (nSPS) is 20.3. The molecule has 0 spiro atoms. The predicted octanol–water partition coefficient (Wildman–Crippen LogP) is 1.57. The molecule has 55 heavy (non-hydrogen) atoms. The molecular weight excluding hydrogens is 724 g/mol. The van der Waals surface area contributed by atoms with Gasteiger partial charge in [-0.1, -0.05) is 11.8 Å². The van der Waals surface area contributed by atoms with Crippen LogP contribution in [0.3, 0.4) is 0 Å². The molecule has 0 amide bonds. The second-order valence-corrected chi connectivity index (χ2v) is 11.8. The Kier molecular flexibility index (Phi) is 17.5. The Morgan fingerprint density at radius 3 is 1.65 bits per heavy atom. The zero-order valence-electron chi connectivity index (χ0n) is 30.8. The number of rotatable bonds is 20. The van der Waals surface area contributed by atoms with Gasteiger partial charge in [-0.05, 0) is 47.5 Å². The van der Waals surface area contributed by atoms with Crippen molar-refractivity contribution in [3.05, 3.63) is 58.7 Å². The summed E-state index contributed by atoms with van der Waals surface area (Å²) in [5.74, 6) is 1.58. The van der Waals surface area contributed by atoms with E-state index < -0.39 is 74.4 Å². The molecule has 2 heterocycles. The van der Waals surface area contributed by atoms with Crippen LogP contribution in [0, 0.1) is 24.7 Å². The summed E-state index contributed by atoms with van der Waals surface area (Å²) in [5, 5.41) is 0. The third kappa shape index (κ3) is 12.3. The Morgan fingerprint density at radius 1 is 0.655 bits per heavy atom. The van der Waals surface area contributed by atoms with Crippen LogP contribution < -0.4 is 0 Å². The maximum atomic E-state index is 14.1. The van der Waals surface area contributed by atoms with E-state index in [2.05, 4.69) is 11.8 Å². The average Bonchev–Trinajstić information content (AvgIpc) is 3.19. The molecule has 2 aliphatic rings. The van der Waals surface area contributed by atoms with Crippen LogP contribution >= 0.6 is 0 Å². The van der Waals surface area contributed by atoms with Gasteiger partial charge in [0.25, 0.3) is 0 Å². The number of benzene rings is 2. The van der Waals surface area contributed by atoms with E-state index in [1.807, 2.05) is 0 Å². The van der Waals surface area contributed by atoms with Crippen LogP contribution in [0.5, 0.6) is 0 Å². The molecule has 0 saturated carbocycles. The first kappa shape index (κ1) is 42.9. The van der Waals surface area contributed by atoms with E-state index in [1.54, 1.807) is 13.2 Å². The van der Waals surface area contributed by atoms with Crippen LogP contribution in [0.25, 0.3) is 11.1 Å². The van der Waals surface area contributed by atoms with Crippen LogP contribution in [-0.2, 0) is 66.4 Å². The lowest BCUT2D eigenvalue weighted by atomic mass is 9.91. The van der Waals surface area contributed by atoms with Gasteiger partial charge in [-0.25, -0.2) is 19.2 Å². The third-order valence-corrected chi connectivity index (χ3v) is 8.14. The predicted molar refractivity (Wildman–Crippen MR) is 190 cm³/mol. The first-order valence-corrected chi connectivity index (χ1v) is 17.2. The van der Waals surface area contributed by atoms with E-state index in [1.165, 1.54) is 44.6 Å². The zero-order valence-corrected chi connectivity index (χ0v) is 30.8. The van der Waals surface area contributed by atoms with Gasteiger partial charge < -0.3 is 56.8 Å². The number of carbonyl (C=O) groups excluding carboxylic acids is 4. The van der Waals surface area contributed by atoms with Gasteiger partial charge in [0.2, 0.25) is 0 Å². The maximum absolute atomic E-state index is 14.1. The lowest BCUT2D eigenvalue weighted by Gasteiger charge is -2.44. The molecule has 296 valence electrons. The minimum atomic E-state index is -1.56. The number of ether oxygens (including phenoxy) is 12. The standard InChI is InChI=1S/C39H44O16/c1-6-25-8-10-27-29(20-25)30-21-26(7-2)9-11-28(30)38(43)55-36-35(54-37(27)42)34(53-33(41)24-50-19-17-48-15-13-45-4)31(52-39(36)46-5)22-51-32(40)23-49-18-16-47-14-12-44-3/h1-2,8-11,20-21,31,34-36,39H,12-19,22-24H2,3-5H3/t31-,34-,35-,36-,39+/m1/s1. The quantitative estimate of drug-likeness (QED) is 0.0820. The molecule has 5 atom stereocenters. The van der Waals surface area contributed by atoms with Crippen molar-refractivity contribution in [1.82, 2.24) is 0 Å². The van der Waals surface area contributed by atoms with E-state index in [-0.39, 0.29) is 48.7 Å². The minimum Gasteiger partial charge on any atom is -0.461 e. The van der Waals surface area contributed by atoms with Gasteiger partial charge in [0.1, 0.15) is 25.9 Å². The van der Waals surface area contributed by atoms with E-state index >= 15 is 0 Å². The average molecular weight is 769 g/mol. The fraction of sp³-hybridized carbons (Fsp3) is 0.487. The van der Waals surface area contributed by atoms with Gasteiger partial charge in [-0.3, -0.25) is 0 Å². The molecule has 1 fully saturated rings. The maximum Gasteiger partial charge on any atom is 0.339 e. The van der Waals surface area contributed by atoms with Crippen molar-refractivity contribution < 1.29 is 76.0 Å². The van der Waals surface area contributed by atoms with Crippen LogP contribution in [0.2, 0.25) is 0 Å². The molecule has 2 aliphatic heterocycles. The molecule has 0 bridgehead atoms. The van der Waals surface area contributed by atoms with E-state index in [9.17, 15) is 19.2 Å². The Labute approximate surface area is 318 Å². The molecule has 0 radical (unpaired) electrons. The van der Waals surface area contributed by atoms with Gasteiger partial charge in [0.05, 0.1) is 64.0 Å². The van der Waals surface area contributed by atoms with Crippen molar-refractivity contribution in [3.8, 4) is 35.8 Å². The highest BCUT2D eigenvalue weighted by Gasteiger charge is 2.53. The minimum absolute atomic E-state index is 0.0107. The number of carbonyl (C=O) groups is 4. The monoisotopic (exact) mass is 768 g/mol. The van der Waals surface area contributed by atoms with Crippen molar-refractivity contribution >= 4 is 23.9 Å². The molecule has 0 unspecified atom stereocenters. The highest BCUT2D eigenvalue weighted by atomic mass is 16.7. The topological polar surface area (TPSA) is 179 Å². The highest BCUT2D eigenvalue weighted by Crippen LogP contribution is 2.36. The summed E-state index contributed by atoms with van der Waals surface area (Å²) in [6, 6.07) is 9.04. The summed E-state index contributed by atoms with van der Waals surface area (Å²) in [5.41, 5.74) is 1.36. The molecule has 0 N–H and O–H groups in total. The van der Waals surface area contributed by atoms with Gasteiger partial charge in [0, 0.05) is 32.5 Å². The number of terminal acetylenes is 2. The van der Waals surface area contributed by atoms with Gasteiger partial charge in [0.15, 0.2) is 24.6 Å². The zero-order chi connectivity index (χ0) is 39.6. The van der Waals surface area contributed by atoms with Crippen LogP contribution in [-0.4, -0.2) is 149 Å². The Morgan fingerprint density at radius 2 is 1.15 bits per heavy atom. The fourth-order valence-corrected chi connectivity index (χ4v) is 5.49. The Balaban J connectivity index is 1.63. The first-order valence-electron chi connectivity index (χ1n) is 17.2. The summed E-state index contributed by atoms with van der Waals surface area (Å²) < 4.78 is 66.0. The number of hydrogen-bond donors (Lipinski definition) is 0. The highest BCUT2D eigenvalue weighted by molar-refractivity contribution is 6.04. The molecular formula is C39H44O16. The molecule has 4 rings (SSSR count). The fourth-order valence-electron chi connectivity index (χ4n) is 5.49. The van der Waals surface area contributed by atoms with Crippen molar-refractivity contribution in [2.75, 3.05) is 94.0 Å². The molecule has 16 nitrogen and oxygen atoms in total. The SMILES string of the molecule is C#Cc1ccc2c(c1)-c1cc(C#C)ccc1C(=O)O[C@H]1[C@@H](OC)O[C@H](COC(=O)COCCOCCOC)[C@@H](OC(=O)COCCOCCOC)[C@H]1OC2=O. The van der Waals surface area contributed by atoms with Crippen LogP contribution in [0.1, 0.15) is 31.8 Å². The first-order chi connectivity index (χ1) is 26.7. The summed E-state index contributed by atoms with van der Waals surface area (Å²) >= 11 is 0. The molecule has 0 aliphatic carbocycles. The number of fused-ring (bicyclic) bond motifs is 4. The van der Waals surface area contributed by atoms with Crippen molar-refractivity contribution in [2.45, 2.75) is 30.7 Å². The number of hydrogen-bond acceptors (Lipinski definition) is 16. The Hall–Kier alpha value is -4.88. The van der Waals surface area contributed by atoms with Crippen LogP contribution in [0.15, 0.2) is 36.4 Å². The molecule has 1 saturated heterocycles. The smallest absolute Gasteiger partial charge is 0.339 e. The molecule has 0 aromatic heterocycles. The second-order valence-electron chi connectivity index (χ2n) is 11.8. The summed E-state index contributed by atoms with van der Waals surface area (Å²) in [6.07, 6.45) is 4.04. The Bertz CT molecular complexity index is 1690. The third-order valence-electron chi connectivity index (χ3n) is 8.14. The van der Waals surface area contributed by atoms with E-state index in [0.29, 0.717) is 37.6 Å². The lowest BCUT2D eigenvalue weighted by Crippen LogP contribution is -2.63. The largest absolute Gasteiger partial charge is 0.461 e. The molecule has 16 heteroatoms. The summed E-state index contributed by atoms with van der Waals surface area (Å²) in [6.45, 7) is 0.500. The molecule has 2 aromatic carbocycles. The van der Waals surface area contributed by atoms with Crippen LogP contribution in [0.4, 0.5) is 0 Å². The van der Waals surface area contributed by atoms with E-state index in [0.717, 1.165) is 0 Å². The van der Waals surface area contributed by atoms with Gasteiger partial charge >= 0.3 is 23.9 Å². The van der Waals surface area contributed by atoms with Gasteiger partial charge in [-0.2, -0.15) is 0 Å². The van der Waals surface area contributed by atoms with Crippen molar-refractivity contribution in [2.24, 2.45) is 0 Å². The summed E-state index contributed by atoms with van der Waals surface area (Å²) in [7, 11) is 4.35.